The van der Waals surface area contributed by atoms with Crippen molar-refractivity contribution in [3.05, 3.63) is 59.9 Å². The van der Waals surface area contributed by atoms with Gasteiger partial charge >= 0.3 is 0 Å². The van der Waals surface area contributed by atoms with Gasteiger partial charge in [-0.2, -0.15) is 0 Å². The number of hydrogen-bond acceptors (Lipinski definition) is 2. The van der Waals surface area contributed by atoms with Crippen LogP contribution in [0.25, 0.3) is 0 Å². The molecule has 0 amide bonds. The van der Waals surface area contributed by atoms with Gasteiger partial charge in [-0.3, -0.25) is 0 Å². The van der Waals surface area contributed by atoms with Gasteiger partial charge in [0.2, 0.25) is 0 Å². The first kappa shape index (κ1) is 16.7. The van der Waals surface area contributed by atoms with Crippen molar-refractivity contribution in [1.29, 1.82) is 0 Å². The zero-order valence-electron chi connectivity index (χ0n) is 13.8. The second-order valence-corrected chi connectivity index (χ2v) is 6.29. The maximum absolute atomic E-state index is 13.9. The molecule has 5 heteroatoms. The highest BCUT2D eigenvalue weighted by atomic mass is 32.1. The van der Waals surface area contributed by atoms with Crippen molar-refractivity contribution in [1.82, 2.24) is 4.90 Å². The first-order chi connectivity index (χ1) is 11.7. The summed E-state index contributed by atoms with van der Waals surface area (Å²) < 4.78 is 13.9. The molecule has 0 spiro atoms. The molecule has 126 valence electrons. The molecule has 1 aliphatic rings. The lowest BCUT2D eigenvalue weighted by Gasteiger charge is -2.37. The predicted octanol–water partition coefficient (Wildman–Crippen LogP) is 3.91. The van der Waals surface area contributed by atoms with Crippen molar-refractivity contribution in [2.75, 3.05) is 36.4 Å². The molecule has 2 aromatic rings. The first-order valence-corrected chi connectivity index (χ1v) is 8.72. The lowest BCUT2D eigenvalue weighted by Crippen LogP contribution is -2.50. The van der Waals surface area contributed by atoms with Crippen molar-refractivity contribution in [2.45, 2.75) is 13.3 Å². The number of anilines is 2. The molecule has 3 nitrogen and oxygen atoms in total. The van der Waals surface area contributed by atoms with Crippen LogP contribution in [-0.4, -0.2) is 36.2 Å². The van der Waals surface area contributed by atoms with Crippen LogP contribution in [-0.2, 0) is 6.42 Å². The van der Waals surface area contributed by atoms with Crippen molar-refractivity contribution in [3.8, 4) is 0 Å². The Morgan fingerprint density at radius 1 is 1.04 bits per heavy atom. The molecular weight excluding hydrogens is 321 g/mol. The van der Waals surface area contributed by atoms with Crippen LogP contribution in [0.3, 0.4) is 0 Å². The van der Waals surface area contributed by atoms with E-state index in [0.29, 0.717) is 5.69 Å². The van der Waals surface area contributed by atoms with Gasteiger partial charge in [-0.25, -0.2) is 4.39 Å². The van der Waals surface area contributed by atoms with E-state index < -0.39 is 0 Å². The van der Waals surface area contributed by atoms with Crippen molar-refractivity contribution in [3.63, 3.8) is 0 Å². The number of piperazine rings is 1. The summed E-state index contributed by atoms with van der Waals surface area (Å²) in [5.41, 5.74) is 2.99. The number of aryl methyl sites for hydroxylation is 1. The van der Waals surface area contributed by atoms with Gasteiger partial charge in [0.15, 0.2) is 5.11 Å². The minimum absolute atomic E-state index is 0.164. The van der Waals surface area contributed by atoms with E-state index in [1.807, 2.05) is 12.1 Å². The quantitative estimate of drug-likeness (QED) is 0.852. The lowest BCUT2D eigenvalue weighted by atomic mass is 10.1. The molecule has 0 radical (unpaired) electrons. The highest BCUT2D eigenvalue weighted by Gasteiger charge is 2.20. The summed E-state index contributed by atoms with van der Waals surface area (Å²) in [6.45, 7) is 5.23. The van der Waals surface area contributed by atoms with Crippen molar-refractivity contribution >= 4 is 28.7 Å². The summed E-state index contributed by atoms with van der Waals surface area (Å²) in [5, 5.41) is 4.02. The van der Waals surface area contributed by atoms with E-state index in [1.54, 1.807) is 6.07 Å². The highest BCUT2D eigenvalue weighted by Crippen LogP contribution is 2.20. The Hall–Kier alpha value is -2.14. The number of thiocarbonyl (C=S) groups is 1. The SMILES string of the molecule is CCc1ccc(NC(=S)N2CCN(c3ccccc3F)CC2)cc1. The molecule has 1 aliphatic heterocycles. The summed E-state index contributed by atoms with van der Waals surface area (Å²) in [4.78, 5) is 4.21. The highest BCUT2D eigenvalue weighted by molar-refractivity contribution is 7.80. The van der Waals surface area contributed by atoms with Gasteiger partial charge < -0.3 is 15.1 Å². The number of rotatable bonds is 3. The van der Waals surface area contributed by atoms with Crippen LogP contribution in [0, 0.1) is 5.82 Å². The molecule has 0 saturated carbocycles. The molecule has 0 bridgehead atoms. The van der Waals surface area contributed by atoms with E-state index >= 15 is 0 Å². The Morgan fingerprint density at radius 3 is 2.33 bits per heavy atom. The van der Waals surface area contributed by atoms with Crippen LogP contribution in [0.5, 0.6) is 0 Å². The fourth-order valence-corrected chi connectivity index (χ4v) is 3.19. The molecule has 0 aliphatic carbocycles. The number of nitrogens with one attached hydrogen (secondary N) is 1. The lowest BCUT2D eigenvalue weighted by molar-refractivity contribution is 0.388. The molecule has 1 saturated heterocycles. The molecule has 0 aromatic heterocycles. The molecule has 2 aromatic carbocycles. The number of halogens is 1. The zero-order valence-corrected chi connectivity index (χ0v) is 14.7. The fraction of sp³-hybridized carbons (Fsp3) is 0.316. The normalized spacial score (nSPS) is 14.6. The zero-order chi connectivity index (χ0) is 16.9. The minimum atomic E-state index is -0.164. The molecule has 24 heavy (non-hydrogen) atoms. The van der Waals surface area contributed by atoms with Gasteiger partial charge in [0.05, 0.1) is 5.69 Å². The van der Waals surface area contributed by atoms with E-state index in [1.165, 1.54) is 11.6 Å². The van der Waals surface area contributed by atoms with Gasteiger partial charge in [0.1, 0.15) is 5.82 Å². The summed E-state index contributed by atoms with van der Waals surface area (Å²) in [7, 11) is 0. The van der Waals surface area contributed by atoms with Crippen molar-refractivity contribution in [2.24, 2.45) is 0 Å². The fourth-order valence-electron chi connectivity index (χ4n) is 2.88. The van der Waals surface area contributed by atoms with E-state index in [0.717, 1.165) is 43.4 Å². The second kappa shape index (κ2) is 7.62. The van der Waals surface area contributed by atoms with Gasteiger partial charge in [-0.15, -0.1) is 0 Å². The summed E-state index contributed by atoms with van der Waals surface area (Å²) in [6.07, 6.45) is 1.03. The largest absolute Gasteiger partial charge is 0.366 e. The van der Waals surface area contributed by atoms with Gasteiger partial charge in [-0.1, -0.05) is 31.2 Å². The van der Waals surface area contributed by atoms with Crippen LogP contribution in [0.2, 0.25) is 0 Å². The molecule has 1 N–H and O–H groups in total. The second-order valence-electron chi connectivity index (χ2n) is 5.91. The molecule has 0 unspecified atom stereocenters. The number of hydrogen-bond donors (Lipinski definition) is 1. The third-order valence-electron chi connectivity index (χ3n) is 4.37. The third kappa shape index (κ3) is 3.85. The number of para-hydroxylation sites is 1. The molecule has 0 atom stereocenters. The minimum Gasteiger partial charge on any atom is -0.366 e. The van der Waals surface area contributed by atoms with E-state index in [2.05, 4.69) is 46.3 Å². The Kier molecular flexibility index (Phi) is 5.30. The van der Waals surface area contributed by atoms with E-state index in [-0.39, 0.29) is 5.82 Å². The maximum atomic E-state index is 13.9. The Morgan fingerprint density at radius 2 is 1.71 bits per heavy atom. The van der Waals surface area contributed by atoms with Crippen LogP contribution >= 0.6 is 12.2 Å². The predicted molar refractivity (Wildman–Crippen MR) is 102 cm³/mol. The Balaban J connectivity index is 1.56. The van der Waals surface area contributed by atoms with Crippen LogP contribution < -0.4 is 10.2 Å². The van der Waals surface area contributed by atoms with Crippen LogP contribution in [0.15, 0.2) is 48.5 Å². The third-order valence-corrected chi connectivity index (χ3v) is 4.73. The topological polar surface area (TPSA) is 18.5 Å². The standard InChI is InChI=1S/C19H22FN3S/c1-2-15-7-9-16(10-8-15)21-19(24)23-13-11-22(12-14-23)18-6-4-3-5-17(18)20/h3-10H,2,11-14H2,1H3,(H,21,24). The van der Waals surface area contributed by atoms with E-state index in [9.17, 15) is 4.39 Å². The molecule has 3 rings (SSSR count). The Labute approximate surface area is 148 Å². The van der Waals surface area contributed by atoms with Crippen LogP contribution in [0.4, 0.5) is 15.8 Å². The van der Waals surface area contributed by atoms with Crippen LogP contribution in [0.1, 0.15) is 12.5 Å². The summed E-state index contributed by atoms with van der Waals surface area (Å²) in [6, 6.07) is 15.3. The van der Waals surface area contributed by atoms with E-state index in [4.69, 9.17) is 12.2 Å². The average molecular weight is 343 g/mol. The Bertz CT molecular complexity index is 694. The summed E-state index contributed by atoms with van der Waals surface area (Å²) >= 11 is 5.52. The molecule has 1 heterocycles. The first-order valence-electron chi connectivity index (χ1n) is 8.31. The monoisotopic (exact) mass is 343 g/mol. The number of nitrogens with zero attached hydrogens (tertiary/aromatic N) is 2. The van der Waals surface area contributed by atoms with Gasteiger partial charge in [0, 0.05) is 31.9 Å². The molecule has 1 fully saturated rings. The maximum Gasteiger partial charge on any atom is 0.173 e. The molecular formula is C19H22FN3S. The summed E-state index contributed by atoms with van der Waals surface area (Å²) in [5.74, 6) is -0.164. The number of benzene rings is 2. The average Bonchev–Trinajstić information content (AvgIpc) is 2.63. The smallest absolute Gasteiger partial charge is 0.173 e. The van der Waals surface area contributed by atoms with Gasteiger partial charge in [-0.05, 0) is 48.5 Å². The van der Waals surface area contributed by atoms with Crippen molar-refractivity contribution < 1.29 is 4.39 Å². The van der Waals surface area contributed by atoms with Gasteiger partial charge in [0.25, 0.3) is 0 Å².